The maximum atomic E-state index is 12.1. The van der Waals surface area contributed by atoms with E-state index in [4.69, 9.17) is 15.2 Å². The average Bonchev–Trinajstić information content (AvgIpc) is 3.21. The number of imidazole rings is 1. The van der Waals surface area contributed by atoms with Gasteiger partial charge in [-0.05, 0) is 36.6 Å². The summed E-state index contributed by atoms with van der Waals surface area (Å²) in [5.74, 6) is 0.373. The number of amides is 1. The van der Waals surface area contributed by atoms with E-state index in [0.29, 0.717) is 42.3 Å². The van der Waals surface area contributed by atoms with Crippen molar-refractivity contribution in [3.63, 3.8) is 0 Å². The zero-order chi connectivity index (χ0) is 24.7. The van der Waals surface area contributed by atoms with Crippen molar-refractivity contribution in [3.05, 3.63) is 42.5 Å². The Bertz CT molecular complexity index is 1080. The second-order valence-electron chi connectivity index (χ2n) is 9.37. The van der Waals surface area contributed by atoms with Gasteiger partial charge < -0.3 is 24.7 Å². The average molecular weight is 470 g/mol. The molecule has 0 aliphatic heterocycles. The topological polar surface area (TPSA) is 120 Å². The van der Waals surface area contributed by atoms with Crippen LogP contribution in [-0.4, -0.2) is 70.5 Å². The smallest absolute Gasteiger partial charge is 0.411 e. The monoisotopic (exact) mass is 469 g/mol. The van der Waals surface area contributed by atoms with Crippen molar-refractivity contribution in [1.82, 2.24) is 24.4 Å². The number of anilines is 2. The van der Waals surface area contributed by atoms with E-state index in [0.717, 1.165) is 6.42 Å². The second-order valence-corrected chi connectivity index (χ2v) is 9.37. The molecule has 0 radical (unpaired) electrons. The van der Waals surface area contributed by atoms with Crippen molar-refractivity contribution < 1.29 is 14.3 Å². The highest BCUT2D eigenvalue weighted by atomic mass is 16.5. The third kappa shape index (κ3) is 6.88. The highest BCUT2D eigenvalue weighted by Crippen LogP contribution is 2.23. The molecule has 0 saturated heterocycles. The molecule has 34 heavy (non-hydrogen) atoms. The van der Waals surface area contributed by atoms with Gasteiger partial charge in [-0.3, -0.25) is 5.32 Å². The summed E-state index contributed by atoms with van der Waals surface area (Å²) in [6, 6.07) is 7.81. The summed E-state index contributed by atoms with van der Waals surface area (Å²) >= 11 is 0. The Balaban J connectivity index is 1.39. The Labute approximate surface area is 200 Å². The van der Waals surface area contributed by atoms with E-state index in [1.54, 1.807) is 13.4 Å². The van der Waals surface area contributed by atoms with E-state index in [-0.39, 0.29) is 18.1 Å². The van der Waals surface area contributed by atoms with Gasteiger partial charge in [0.2, 0.25) is 0 Å². The molecule has 3 aromatic rings. The van der Waals surface area contributed by atoms with Gasteiger partial charge in [0.05, 0.1) is 12.4 Å². The van der Waals surface area contributed by atoms with Crippen LogP contribution in [0.15, 0.2) is 36.9 Å². The molecule has 3 rings (SSSR count). The van der Waals surface area contributed by atoms with E-state index in [1.165, 1.54) is 11.9 Å². The molecule has 2 aromatic heterocycles. The molecule has 0 bridgehead atoms. The second kappa shape index (κ2) is 11.3. The minimum atomic E-state index is -0.464. The molecule has 184 valence electrons. The van der Waals surface area contributed by atoms with Crippen LogP contribution in [0.1, 0.15) is 32.8 Å². The molecule has 0 fully saturated rings. The summed E-state index contributed by atoms with van der Waals surface area (Å²) in [6.07, 6.45) is 3.46. The number of aromatic nitrogens is 4. The van der Waals surface area contributed by atoms with Gasteiger partial charge in [0, 0.05) is 32.4 Å². The number of rotatable bonds is 10. The molecule has 1 atom stereocenters. The third-order valence-corrected chi connectivity index (χ3v) is 5.67. The first-order valence-electron chi connectivity index (χ1n) is 11.3. The van der Waals surface area contributed by atoms with Crippen LogP contribution in [0, 0.1) is 0 Å². The number of hydrogen-bond donors (Lipinski definition) is 2. The number of carbonyl (C=O) groups is 1. The maximum absolute atomic E-state index is 12.1. The van der Waals surface area contributed by atoms with E-state index in [2.05, 4.69) is 45.9 Å². The van der Waals surface area contributed by atoms with E-state index < -0.39 is 6.09 Å². The number of fused-ring (bicyclic) bond motifs is 1. The van der Waals surface area contributed by atoms with Crippen molar-refractivity contribution in [3.8, 4) is 0 Å². The zero-order valence-electron chi connectivity index (χ0n) is 20.6. The lowest BCUT2D eigenvalue weighted by Crippen LogP contribution is -2.34. The van der Waals surface area contributed by atoms with Gasteiger partial charge in [0.1, 0.15) is 18.5 Å². The van der Waals surface area contributed by atoms with Gasteiger partial charge in [0.15, 0.2) is 11.5 Å². The molecule has 0 aliphatic rings. The van der Waals surface area contributed by atoms with Crippen molar-refractivity contribution >= 4 is 28.8 Å². The molecule has 2 heterocycles. The number of benzene rings is 1. The number of hydrogen-bond acceptors (Lipinski definition) is 8. The Kier molecular flexibility index (Phi) is 8.41. The van der Waals surface area contributed by atoms with Crippen LogP contribution in [0.3, 0.4) is 0 Å². The van der Waals surface area contributed by atoms with E-state index >= 15 is 0 Å². The maximum Gasteiger partial charge on any atom is 0.411 e. The van der Waals surface area contributed by atoms with Gasteiger partial charge >= 0.3 is 6.09 Å². The van der Waals surface area contributed by atoms with Gasteiger partial charge in [-0.25, -0.2) is 19.7 Å². The lowest BCUT2D eigenvalue weighted by atomic mass is 9.87. The largest absolute Gasteiger partial charge is 0.448 e. The van der Waals surface area contributed by atoms with Crippen LogP contribution in [0.4, 0.5) is 16.3 Å². The Hall–Kier alpha value is -3.24. The van der Waals surface area contributed by atoms with Gasteiger partial charge in [0.25, 0.3) is 0 Å². The predicted molar refractivity (Wildman–Crippen MR) is 133 cm³/mol. The highest BCUT2D eigenvalue weighted by molar-refractivity contribution is 5.84. The third-order valence-electron chi connectivity index (χ3n) is 5.67. The first-order chi connectivity index (χ1) is 16.2. The van der Waals surface area contributed by atoms with Crippen LogP contribution >= 0.6 is 0 Å². The zero-order valence-corrected chi connectivity index (χ0v) is 20.6. The fraction of sp³-hybridized carbons (Fsp3) is 0.500. The number of nitrogen functional groups attached to an aromatic ring is 1. The summed E-state index contributed by atoms with van der Waals surface area (Å²) in [4.78, 5) is 26.7. The number of nitrogens with two attached hydrogens (primary N) is 1. The Morgan fingerprint density at radius 2 is 1.94 bits per heavy atom. The minimum Gasteiger partial charge on any atom is -0.448 e. The van der Waals surface area contributed by atoms with Gasteiger partial charge in [-0.15, -0.1) is 0 Å². The molecule has 10 nitrogen and oxygen atoms in total. The molecule has 1 amide bonds. The van der Waals surface area contributed by atoms with Crippen molar-refractivity contribution in [2.45, 2.75) is 45.3 Å². The number of ether oxygens (including phenoxy) is 2. The number of methoxy groups -OCH3 is 1. The number of likely N-dealkylation sites (N-methyl/N-ethyl adjacent to an activating group) is 1. The Morgan fingerprint density at radius 3 is 2.62 bits per heavy atom. The SMILES string of the molecule is COC(CCn1cnc2c(N)ncnc21)CN(C)CCOC(=O)Nc1ccc(C(C)(C)C)cc1. The first kappa shape index (κ1) is 25.4. The van der Waals surface area contributed by atoms with Crippen LogP contribution in [0.5, 0.6) is 0 Å². The molecule has 0 aliphatic carbocycles. The molecule has 0 saturated carbocycles. The molecular formula is C24H35N7O3. The van der Waals surface area contributed by atoms with Crippen molar-refractivity contribution in [1.29, 1.82) is 0 Å². The summed E-state index contributed by atoms with van der Waals surface area (Å²) in [6.45, 7) is 8.71. The predicted octanol–water partition coefficient (Wildman–Crippen LogP) is 3.29. The lowest BCUT2D eigenvalue weighted by Gasteiger charge is -2.23. The van der Waals surface area contributed by atoms with Gasteiger partial charge in [-0.2, -0.15) is 0 Å². The summed E-state index contributed by atoms with van der Waals surface area (Å²) < 4.78 is 12.9. The Morgan fingerprint density at radius 1 is 1.21 bits per heavy atom. The van der Waals surface area contributed by atoms with Crippen LogP contribution in [0.2, 0.25) is 0 Å². The van der Waals surface area contributed by atoms with Crippen molar-refractivity contribution in [2.75, 3.05) is 44.9 Å². The standard InChI is InChI=1S/C24H35N7O3/c1-24(2,3)17-6-8-18(9-7-17)29-23(32)34-13-12-30(4)14-19(33-5)10-11-31-16-28-20-21(25)26-15-27-22(20)31/h6-9,15-16,19H,10-14H2,1-5H3,(H,29,32)(H2,25,26,27). The summed E-state index contributed by atoms with van der Waals surface area (Å²) in [5.41, 5.74) is 9.16. The quantitative estimate of drug-likeness (QED) is 0.464. The summed E-state index contributed by atoms with van der Waals surface area (Å²) in [7, 11) is 3.67. The summed E-state index contributed by atoms with van der Waals surface area (Å²) in [5, 5.41) is 2.77. The van der Waals surface area contributed by atoms with Crippen LogP contribution < -0.4 is 11.1 Å². The molecule has 0 spiro atoms. The highest BCUT2D eigenvalue weighted by Gasteiger charge is 2.15. The molecule has 10 heteroatoms. The molecule has 3 N–H and O–H groups in total. The first-order valence-corrected chi connectivity index (χ1v) is 11.3. The molecule has 1 aromatic carbocycles. The normalized spacial score (nSPS) is 12.8. The number of aryl methyl sites for hydroxylation is 1. The molecular weight excluding hydrogens is 434 g/mol. The number of nitrogens with zero attached hydrogens (tertiary/aromatic N) is 5. The fourth-order valence-corrected chi connectivity index (χ4v) is 3.57. The number of carbonyl (C=O) groups excluding carboxylic acids is 1. The lowest BCUT2D eigenvalue weighted by molar-refractivity contribution is 0.0564. The van der Waals surface area contributed by atoms with E-state index in [1.807, 2.05) is 35.9 Å². The van der Waals surface area contributed by atoms with Gasteiger partial charge in [-0.1, -0.05) is 32.9 Å². The fourth-order valence-electron chi connectivity index (χ4n) is 3.57. The minimum absolute atomic E-state index is 0.00297. The van der Waals surface area contributed by atoms with Crippen LogP contribution in [0.25, 0.3) is 11.2 Å². The number of nitrogens with one attached hydrogen (secondary N) is 1. The van der Waals surface area contributed by atoms with Crippen LogP contribution in [-0.2, 0) is 21.4 Å². The van der Waals surface area contributed by atoms with E-state index in [9.17, 15) is 4.79 Å². The van der Waals surface area contributed by atoms with Crippen molar-refractivity contribution in [2.24, 2.45) is 0 Å². The molecule has 1 unspecified atom stereocenters.